The molecule has 0 aromatic heterocycles. The molecule has 4 nitrogen and oxygen atoms in total. The van der Waals surface area contributed by atoms with Crippen LogP contribution in [0.2, 0.25) is 0 Å². The minimum Gasteiger partial charge on any atom is -0.310 e. The van der Waals surface area contributed by atoms with Crippen molar-refractivity contribution >= 4 is 5.69 Å². The molecule has 1 fully saturated rings. The van der Waals surface area contributed by atoms with E-state index in [-0.39, 0.29) is 10.6 Å². The van der Waals surface area contributed by atoms with Crippen molar-refractivity contribution in [1.29, 1.82) is 0 Å². The van der Waals surface area contributed by atoms with Crippen LogP contribution < -0.4 is 5.32 Å². The van der Waals surface area contributed by atoms with Gasteiger partial charge in [-0.05, 0) is 18.5 Å². The lowest BCUT2D eigenvalue weighted by atomic mass is 9.98. The Kier molecular flexibility index (Phi) is 1.98. The first-order chi connectivity index (χ1) is 6.27. The minimum absolute atomic E-state index is 0.156. The zero-order valence-electron chi connectivity index (χ0n) is 7.06. The molecule has 68 valence electrons. The highest BCUT2D eigenvalue weighted by Crippen LogP contribution is 2.24. The van der Waals surface area contributed by atoms with Crippen molar-refractivity contribution in [2.75, 3.05) is 6.54 Å². The standard InChI is InChI=1S/C9H10N2O2/c12-11(13)8-3-1-7(2-4-8)9-5-6-10-9/h1-4,9-10H,5-6H2/t9-/m0/s1. The summed E-state index contributed by atoms with van der Waals surface area (Å²) in [5, 5.41) is 13.6. The minimum atomic E-state index is -0.377. The number of hydrogen-bond acceptors (Lipinski definition) is 3. The first-order valence-electron chi connectivity index (χ1n) is 4.25. The van der Waals surface area contributed by atoms with Gasteiger partial charge in [0.15, 0.2) is 0 Å². The van der Waals surface area contributed by atoms with Crippen LogP contribution in [0, 0.1) is 10.1 Å². The predicted octanol–water partition coefficient (Wildman–Crippen LogP) is 1.63. The van der Waals surface area contributed by atoms with E-state index < -0.39 is 0 Å². The molecule has 1 heterocycles. The second kappa shape index (κ2) is 3.14. The fourth-order valence-corrected chi connectivity index (χ4v) is 1.40. The summed E-state index contributed by atoms with van der Waals surface area (Å²) in [7, 11) is 0. The number of nitro groups is 1. The van der Waals surface area contributed by atoms with E-state index in [9.17, 15) is 10.1 Å². The van der Waals surface area contributed by atoms with Crippen LogP contribution in [0.15, 0.2) is 24.3 Å². The molecule has 1 saturated heterocycles. The van der Waals surface area contributed by atoms with E-state index in [1.807, 2.05) is 12.1 Å². The van der Waals surface area contributed by atoms with E-state index >= 15 is 0 Å². The van der Waals surface area contributed by atoms with Crippen molar-refractivity contribution in [2.24, 2.45) is 0 Å². The molecule has 1 N–H and O–H groups in total. The first-order valence-corrected chi connectivity index (χ1v) is 4.25. The number of nitrogens with one attached hydrogen (secondary N) is 1. The Morgan fingerprint density at radius 2 is 2.00 bits per heavy atom. The van der Waals surface area contributed by atoms with Gasteiger partial charge in [-0.25, -0.2) is 0 Å². The van der Waals surface area contributed by atoms with Gasteiger partial charge in [0.25, 0.3) is 5.69 Å². The zero-order chi connectivity index (χ0) is 9.26. The Morgan fingerprint density at radius 1 is 1.38 bits per heavy atom. The van der Waals surface area contributed by atoms with Crippen molar-refractivity contribution in [3.05, 3.63) is 39.9 Å². The average molecular weight is 178 g/mol. The lowest BCUT2D eigenvalue weighted by Crippen LogP contribution is -2.34. The van der Waals surface area contributed by atoms with Gasteiger partial charge in [-0.15, -0.1) is 0 Å². The maximum absolute atomic E-state index is 10.4. The van der Waals surface area contributed by atoms with Crippen LogP contribution in [-0.2, 0) is 0 Å². The molecule has 0 unspecified atom stereocenters. The smallest absolute Gasteiger partial charge is 0.269 e. The highest BCUT2D eigenvalue weighted by Gasteiger charge is 2.18. The summed E-state index contributed by atoms with van der Waals surface area (Å²) in [6, 6.07) is 7.13. The maximum atomic E-state index is 10.4. The Labute approximate surface area is 75.7 Å². The molecule has 1 aromatic carbocycles. The van der Waals surface area contributed by atoms with Gasteiger partial charge in [0.05, 0.1) is 4.92 Å². The van der Waals surface area contributed by atoms with Gasteiger partial charge in [-0.2, -0.15) is 0 Å². The lowest BCUT2D eigenvalue weighted by Gasteiger charge is -2.27. The number of non-ortho nitro benzene ring substituents is 1. The van der Waals surface area contributed by atoms with Gasteiger partial charge < -0.3 is 5.32 Å². The molecule has 13 heavy (non-hydrogen) atoms. The third kappa shape index (κ3) is 1.53. The van der Waals surface area contributed by atoms with Gasteiger partial charge >= 0.3 is 0 Å². The van der Waals surface area contributed by atoms with E-state index in [2.05, 4.69) is 5.32 Å². The van der Waals surface area contributed by atoms with E-state index in [1.165, 1.54) is 0 Å². The molecule has 1 aliphatic heterocycles. The third-order valence-electron chi connectivity index (χ3n) is 2.33. The molecular weight excluding hydrogens is 168 g/mol. The van der Waals surface area contributed by atoms with Crippen LogP contribution in [0.5, 0.6) is 0 Å². The second-order valence-corrected chi connectivity index (χ2v) is 3.14. The number of rotatable bonds is 2. The van der Waals surface area contributed by atoms with Crippen molar-refractivity contribution in [2.45, 2.75) is 12.5 Å². The highest BCUT2D eigenvalue weighted by atomic mass is 16.6. The zero-order valence-corrected chi connectivity index (χ0v) is 7.06. The molecule has 4 heteroatoms. The van der Waals surface area contributed by atoms with Crippen molar-refractivity contribution in [3.63, 3.8) is 0 Å². The number of hydrogen-bond donors (Lipinski definition) is 1. The predicted molar refractivity (Wildman–Crippen MR) is 48.5 cm³/mol. The van der Waals surface area contributed by atoms with E-state index in [4.69, 9.17) is 0 Å². The number of benzene rings is 1. The van der Waals surface area contributed by atoms with Gasteiger partial charge in [-0.3, -0.25) is 10.1 Å². The summed E-state index contributed by atoms with van der Waals surface area (Å²) in [5.74, 6) is 0. The molecule has 0 spiro atoms. The largest absolute Gasteiger partial charge is 0.310 e. The van der Waals surface area contributed by atoms with Gasteiger partial charge in [-0.1, -0.05) is 12.1 Å². The number of nitrogens with zero attached hydrogens (tertiary/aromatic N) is 1. The molecule has 1 atom stereocenters. The fraction of sp³-hybridized carbons (Fsp3) is 0.333. The van der Waals surface area contributed by atoms with Crippen LogP contribution in [-0.4, -0.2) is 11.5 Å². The molecule has 0 amide bonds. The second-order valence-electron chi connectivity index (χ2n) is 3.14. The summed E-state index contributed by atoms with van der Waals surface area (Å²) in [6.45, 7) is 1.04. The van der Waals surface area contributed by atoms with Gasteiger partial charge in [0.1, 0.15) is 0 Å². The average Bonchev–Trinajstić information content (AvgIpc) is 2.02. The quantitative estimate of drug-likeness (QED) is 0.553. The maximum Gasteiger partial charge on any atom is 0.269 e. The van der Waals surface area contributed by atoms with E-state index in [0.29, 0.717) is 6.04 Å². The van der Waals surface area contributed by atoms with Crippen molar-refractivity contribution < 1.29 is 4.92 Å². The first kappa shape index (κ1) is 8.19. The molecule has 0 saturated carbocycles. The van der Waals surface area contributed by atoms with Crippen LogP contribution in [0.3, 0.4) is 0 Å². The summed E-state index contributed by atoms with van der Waals surface area (Å²) in [4.78, 5) is 9.98. The molecule has 0 aliphatic carbocycles. The summed E-state index contributed by atoms with van der Waals surface area (Å²) in [6.07, 6.45) is 1.12. The Bertz CT molecular complexity index is 317. The fourth-order valence-electron chi connectivity index (χ4n) is 1.40. The molecule has 1 aliphatic rings. The number of nitro benzene ring substituents is 1. The normalized spacial score (nSPS) is 20.8. The highest BCUT2D eigenvalue weighted by molar-refractivity contribution is 5.34. The molecule has 0 bridgehead atoms. The third-order valence-corrected chi connectivity index (χ3v) is 2.33. The van der Waals surface area contributed by atoms with Crippen LogP contribution in [0.1, 0.15) is 18.0 Å². The summed E-state index contributed by atoms with van der Waals surface area (Å²) < 4.78 is 0. The lowest BCUT2D eigenvalue weighted by molar-refractivity contribution is -0.384. The van der Waals surface area contributed by atoms with Gasteiger partial charge in [0, 0.05) is 18.2 Å². The summed E-state index contributed by atoms with van der Waals surface area (Å²) >= 11 is 0. The Hall–Kier alpha value is -1.42. The molecule has 1 aromatic rings. The SMILES string of the molecule is O=[N+]([O-])c1ccc([C@@H]2CCN2)cc1. The molecule has 2 rings (SSSR count). The van der Waals surface area contributed by atoms with E-state index in [1.54, 1.807) is 12.1 Å². The Morgan fingerprint density at radius 3 is 2.38 bits per heavy atom. The Balaban J connectivity index is 2.17. The van der Waals surface area contributed by atoms with Crippen LogP contribution in [0.25, 0.3) is 0 Å². The molecule has 0 radical (unpaired) electrons. The van der Waals surface area contributed by atoms with Crippen LogP contribution in [0.4, 0.5) is 5.69 Å². The van der Waals surface area contributed by atoms with Crippen LogP contribution >= 0.6 is 0 Å². The molecular formula is C9H10N2O2. The van der Waals surface area contributed by atoms with Gasteiger partial charge in [0.2, 0.25) is 0 Å². The topological polar surface area (TPSA) is 55.2 Å². The monoisotopic (exact) mass is 178 g/mol. The van der Waals surface area contributed by atoms with E-state index in [0.717, 1.165) is 18.5 Å². The van der Waals surface area contributed by atoms with Crippen molar-refractivity contribution in [1.82, 2.24) is 5.32 Å². The van der Waals surface area contributed by atoms with Crippen molar-refractivity contribution in [3.8, 4) is 0 Å². The summed E-state index contributed by atoms with van der Waals surface area (Å²) in [5.41, 5.74) is 1.29.